The normalized spacial score (nSPS) is 12.4. The van der Waals surface area contributed by atoms with Crippen molar-refractivity contribution in [1.29, 1.82) is 0 Å². The van der Waals surface area contributed by atoms with E-state index in [4.69, 9.17) is 19.6 Å². The molecule has 0 saturated carbocycles. The molecule has 1 aromatic heterocycles. The van der Waals surface area contributed by atoms with Crippen LogP contribution in [0.3, 0.4) is 0 Å². The molecule has 4 aromatic rings. The van der Waals surface area contributed by atoms with Crippen molar-refractivity contribution in [3.05, 3.63) is 84.6 Å². The molecule has 0 aliphatic rings. The molecule has 8 nitrogen and oxygen atoms in total. The van der Waals surface area contributed by atoms with Crippen molar-refractivity contribution in [1.82, 2.24) is 9.97 Å². The van der Waals surface area contributed by atoms with Gasteiger partial charge in [-0.3, -0.25) is 5.14 Å². The molecule has 186 valence electrons. The molecular formula is C27H29N5O3S. The van der Waals surface area contributed by atoms with Gasteiger partial charge in [0.05, 0.1) is 23.4 Å². The Hall–Kier alpha value is -4.08. The van der Waals surface area contributed by atoms with Crippen LogP contribution in [0.2, 0.25) is 0 Å². The third-order valence-corrected chi connectivity index (χ3v) is 6.44. The number of nitrogens with one attached hydrogen (secondary N) is 2. The first-order valence-corrected chi connectivity index (χ1v) is 13.1. The molecule has 1 heterocycles. The number of rotatable bonds is 10. The maximum Gasteiger partial charge on any atom is 0.229 e. The van der Waals surface area contributed by atoms with E-state index in [1.165, 1.54) is 0 Å². The molecule has 0 spiro atoms. The molecule has 0 radical (unpaired) electrons. The van der Waals surface area contributed by atoms with E-state index in [9.17, 15) is 4.21 Å². The lowest BCUT2D eigenvalue weighted by atomic mass is 10.1. The van der Waals surface area contributed by atoms with Crippen molar-refractivity contribution >= 4 is 33.0 Å². The van der Waals surface area contributed by atoms with Gasteiger partial charge in [0.1, 0.15) is 17.3 Å². The van der Waals surface area contributed by atoms with E-state index in [1.807, 2.05) is 61.5 Å². The fraction of sp³-hybridized carbons (Fsp3) is 0.148. The van der Waals surface area contributed by atoms with Crippen LogP contribution in [-0.4, -0.2) is 33.8 Å². The van der Waals surface area contributed by atoms with Crippen LogP contribution < -0.4 is 25.2 Å². The number of anilines is 3. The Morgan fingerprint density at radius 2 is 1.83 bits per heavy atom. The fourth-order valence-corrected chi connectivity index (χ4v) is 4.27. The summed E-state index contributed by atoms with van der Waals surface area (Å²) in [5.74, 6) is 6.14. The summed E-state index contributed by atoms with van der Waals surface area (Å²) in [5.41, 5.74) is 3.41. The highest BCUT2D eigenvalue weighted by molar-refractivity contribution is 7.98. The molecule has 0 saturated heterocycles. The van der Waals surface area contributed by atoms with Crippen molar-refractivity contribution in [3.8, 4) is 22.6 Å². The Morgan fingerprint density at radius 3 is 2.56 bits per heavy atom. The smallest absolute Gasteiger partial charge is 0.229 e. The van der Waals surface area contributed by atoms with Crippen LogP contribution in [0, 0.1) is 0 Å². The Kier molecular flexibility index (Phi) is 7.72. The summed E-state index contributed by atoms with van der Waals surface area (Å²) in [6.07, 6.45) is 1.76. The third-order valence-electron chi connectivity index (χ3n) is 5.39. The topological polar surface area (TPSA) is 111 Å². The maximum atomic E-state index is 12.2. The molecule has 1 unspecified atom stereocenters. The van der Waals surface area contributed by atoms with E-state index < -0.39 is 9.71 Å². The zero-order valence-corrected chi connectivity index (χ0v) is 21.0. The van der Waals surface area contributed by atoms with Crippen molar-refractivity contribution in [3.63, 3.8) is 0 Å². The lowest BCUT2D eigenvalue weighted by Gasteiger charge is -2.15. The average Bonchev–Trinajstić information content (AvgIpc) is 2.88. The van der Waals surface area contributed by atoms with Gasteiger partial charge in [0.2, 0.25) is 5.95 Å². The Bertz CT molecular complexity index is 1440. The molecule has 4 rings (SSSR count). The van der Waals surface area contributed by atoms with E-state index in [0.717, 1.165) is 28.2 Å². The number of nitrogens with zero attached hydrogens (tertiary/aromatic N) is 2. The van der Waals surface area contributed by atoms with E-state index in [1.54, 1.807) is 31.5 Å². The highest BCUT2D eigenvalue weighted by atomic mass is 32.2. The van der Waals surface area contributed by atoms with Gasteiger partial charge in [0, 0.05) is 34.5 Å². The monoisotopic (exact) mass is 503 g/mol. The highest BCUT2D eigenvalue weighted by Gasteiger charge is 2.12. The van der Waals surface area contributed by atoms with Crippen LogP contribution in [0.1, 0.15) is 12.5 Å². The van der Waals surface area contributed by atoms with E-state index in [0.29, 0.717) is 35.5 Å². The molecule has 0 aliphatic heterocycles. The first kappa shape index (κ1) is 25.0. The van der Waals surface area contributed by atoms with Crippen molar-refractivity contribution in [2.45, 2.75) is 18.4 Å². The summed E-state index contributed by atoms with van der Waals surface area (Å²) in [5, 5.41) is 12.3. The van der Waals surface area contributed by atoms with Gasteiger partial charge >= 0.3 is 0 Å². The van der Waals surface area contributed by atoms with Gasteiger partial charge < -0.3 is 20.1 Å². The quantitative estimate of drug-likeness (QED) is 0.265. The Labute approximate surface area is 211 Å². The maximum absolute atomic E-state index is 12.2. The van der Waals surface area contributed by atoms with Crippen molar-refractivity contribution in [2.75, 3.05) is 24.4 Å². The Morgan fingerprint density at radius 1 is 1.06 bits per heavy atom. The van der Waals surface area contributed by atoms with Gasteiger partial charge in [-0.05, 0) is 54.8 Å². The summed E-state index contributed by atoms with van der Waals surface area (Å²) in [4.78, 5) is 9.69. The zero-order chi connectivity index (χ0) is 25.5. The summed E-state index contributed by atoms with van der Waals surface area (Å²) in [6.45, 7) is 3.05. The molecule has 9 heteroatoms. The average molecular weight is 504 g/mol. The highest BCUT2D eigenvalue weighted by Crippen LogP contribution is 2.30. The molecule has 0 amide bonds. The predicted octanol–water partition coefficient (Wildman–Crippen LogP) is 4.86. The van der Waals surface area contributed by atoms with Gasteiger partial charge in [-0.15, -0.1) is 0 Å². The standard InChI is InChI=1S/C27H29N5O3S/c1-4-35-22-14-12-19(13-15-22)24-18-30-27(31-21-9-7-10-23(16-21)36(3,28)33)32-26(24)29-17-20-8-5-6-11-25(20)34-2/h5-16,18H,3-4,17H2,1-2H3,(H2,28,33)(H2,29,30,31,32). The van der Waals surface area contributed by atoms with Crippen LogP contribution >= 0.6 is 0 Å². The van der Waals surface area contributed by atoms with Crippen LogP contribution in [0.5, 0.6) is 11.5 Å². The molecule has 0 aliphatic carbocycles. The molecule has 0 fully saturated rings. The fourth-order valence-electron chi connectivity index (χ4n) is 3.63. The molecule has 4 N–H and O–H groups in total. The van der Waals surface area contributed by atoms with Crippen LogP contribution in [0.15, 0.2) is 83.9 Å². The first-order chi connectivity index (χ1) is 17.4. The minimum atomic E-state index is -2.84. The lowest BCUT2D eigenvalue weighted by molar-refractivity contribution is 0.340. The van der Waals surface area contributed by atoms with Gasteiger partial charge in [-0.1, -0.05) is 36.4 Å². The molecule has 0 bridgehead atoms. The molecule has 36 heavy (non-hydrogen) atoms. The van der Waals surface area contributed by atoms with Crippen molar-refractivity contribution in [2.24, 2.45) is 5.14 Å². The number of ether oxygens (including phenoxy) is 2. The second kappa shape index (κ2) is 11.1. The van der Waals surface area contributed by atoms with Gasteiger partial charge in [0.25, 0.3) is 0 Å². The number of methoxy groups -OCH3 is 1. The van der Waals surface area contributed by atoms with Crippen molar-refractivity contribution < 1.29 is 13.7 Å². The van der Waals surface area contributed by atoms with Crippen LogP contribution in [0.25, 0.3) is 11.1 Å². The number of hydrogen-bond donors (Lipinski definition) is 3. The number of hydrogen-bond acceptors (Lipinski definition) is 7. The first-order valence-electron chi connectivity index (χ1n) is 11.4. The van der Waals surface area contributed by atoms with E-state index in [-0.39, 0.29) is 0 Å². The summed E-state index contributed by atoms with van der Waals surface area (Å²) in [6, 6.07) is 22.5. The number of para-hydroxylation sites is 1. The second-order valence-electron chi connectivity index (χ2n) is 7.96. The summed E-state index contributed by atoms with van der Waals surface area (Å²) < 4.78 is 23.2. The van der Waals surface area contributed by atoms with E-state index >= 15 is 0 Å². The van der Waals surface area contributed by atoms with Gasteiger partial charge in [-0.25, -0.2) is 9.19 Å². The number of aromatic nitrogens is 2. The lowest BCUT2D eigenvalue weighted by Crippen LogP contribution is -2.12. The molecule has 1 atom stereocenters. The van der Waals surface area contributed by atoms with Gasteiger partial charge in [-0.2, -0.15) is 4.98 Å². The molecule has 3 aromatic carbocycles. The number of nitrogens with two attached hydrogens (primary N) is 1. The van der Waals surface area contributed by atoms with Gasteiger partial charge in [0.15, 0.2) is 0 Å². The molecular weight excluding hydrogens is 474 g/mol. The second-order valence-corrected chi connectivity index (χ2v) is 9.88. The minimum absolute atomic E-state index is 0.372. The Balaban J connectivity index is 1.67. The third kappa shape index (κ3) is 6.12. The van der Waals surface area contributed by atoms with Crippen LogP contribution in [0.4, 0.5) is 17.5 Å². The largest absolute Gasteiger partial charge is 0.496 e. The van der Waals surface area contributed by atoms with E-state index in [2.05, 4.69) is 21.5 Å². The zero-order valence-electron chi connectivity index (χ0n) is 20.2. The minimum Gasteiger partial charge on any atom is -0.496 e. The summed E-state index contributed by atoms with van der Waals surface area (Å²) >= 11 is 0. The summed E-state index contributed by atoms with van der Waals surface area (Å²) in [7, 11) is -1.19. The SMILES string of the molecule is C=S(N)(=O)c1cccc(Nc2ncc(-c3ccc(OCC)cc3)c(NCc3ccccc3OC)n2)c1. The number of benzene rings is 3. The predicted molar refractivity (Wildman–Crippen MR) is 146 cm³/mol. The van der Waals surface area contributed by atoms with Crippen LogP contribution in [-0.2, 0) is 16.3 Å².